The molecule has 4 rings (SSSR count). The van der Waals surface area contributed by atoms with Crippen molar-refractivity contribution in [2.24, 2.45) is 0 Å². The minimum absolute atomic E-state index is 0.791. The van der Waals surface area contributed by atoms with Crippen LogP contribution in [0, 0.1) is 0 Å². The highest BCUT2D eigenvalue weighted by Gasteiger charge is 2.19. The zero-order valence-corrected chi connectivity index (χ0v) is 16.9. The van der Waals surface area contributed by atoms with E-state index in [4.69, 9.17) is 4.74 Å². The van der Waals surface area contributed by atoms with Crippen LogP contribution in [0.1, 0.15) is 0 Å². The van der Waals surface area contributed by atoms with Crippen molar-refractivity contribution in [1.29, 1.82) is 0 Å². The van der Waals surface area contributed by atoms with Crippen LogP contribution < -0.4 is 9.80 Å². The first-order valence-corrected chi connectivity index (χ1v) is 10.4. The Hall–Kier alpha value is -2.36. The Labute approximate surface area is 172 Å². The van der Waals surface area contributed by atoms with E-state index in [2.05, 4.69) is 39.5 Å². The number of aromatic nitrogens is 4. The van der Waals surface area contributed by atoms with Gasteiger partial charge in [-0.3, -0.25) is 9.80 Å². The van der Waals surface area contributed by atoms with Gasteiger partial charge < -0.3 is 14.5 Å². The summed E-state index contributed by atoms with van der Waals surface area (Å²) < 4.78 is 5.90. The van der Waals surface area contributed by atoms with Gasteiger partial charge in [-0.25, -0.2) is 19.9 Å². The van der Waals surface area contributed by atoms with Gasteiger partial charge in [0.05, 0.1) is 13.2 Å². The molecule has 0 bridgehead atoms. The van der Waals surface area contributed by atoms with E-state index in [1.807, 2.05) is 12.1 Å². The third kappa shape index (κ3) is 5.81. The first-order valence-electron chi connectivity index (χ1n) is 10.4. The van der Waals surface area contributed by atoms with Crippen LogP contribution in [0.4, 0.5) is 11.9 Å². The van der Waals surface area contributed by atoms with E-state index >= 15 is 0 Å². The standard InChI is InChI=1S/C20H30N8O/c1-3-21-19(22-4-1)27-11-7-25(8-12-27)15-17-29-18-16-26-9-13-28(14-10-26)20-23-5-2-6-24-20/h1-6H,7-18H2. The summed E-state index contributed by atoms with van der Waals surface area (Å²) in [6, 6.07) is 3.71. The van der Waals surface area contributed by atoms with Gasteiger partial charge in [0.15, 0.2) is 0 Å². The molecule has 0 atom stereocenters. The summed E-state index contributed by atoms with van der Waals surface area (Å²) in [6.07, 6.45) is 7.21. The SMILES string of the molecule is c1cnc(N2CCN(CCOCCN3CCN(c4ncccn4)CC3)CC2)nc1. The molecule has 0 N–H and O–H groups in total. The van der Waals surface area contributed by atoms with E-state index < -0.39 is 0 Å². The molecule has 0 unspecified atom stereocenters. The molecule has 2 aliphatic heterocycles. The maximum Gasteiger partial charge on any atom is 0.225 e. The van der Waals surface area contributed by atoms with Crippen molar-refractivity contribution in [1.82, 2.24) is 29.7 Å². The number of piperazine rings is 2. The molecule has 0 spiro atoms. The summed E-state index contributed by atoms with van der Waals surface area (Å²) in [5, 5.41) is 0. The number of hydrogen-bond donors (Lipinski definition) is 0. The van der Waals surface area contributed by atoms with E-state index in [1.54, 1.807) is 24.8 Å². The summed E-state index contributed by atoms with van der Waals surface area (Å²) in [5.41, 5.74) is 0. The second-order valence-corrected chi connectivity index (χ2v) is 7.37. The molecular formula is C20H30N8O. The number of hydrogen-bond acceptors (Lipinski definition) is 9. The maximum atomic E-state index is 5.90. The van der Waals surface area contributed by atoms with Crippen molar-refractivity contribution in [3.63, 3.8) is 0 Å². The molecule has 0 amide bonds. The molecule has 156 valence electrons. The number of rotatable bonds is 8. The largest absolute Gasteiger partial charge is 0.379 e. The van der Waals surface area contributed by atoms with Crippen LogP contribution in [-0.4, -0.2) is 108 Å². The fraction of sp³-hybridized carbons (Fsp3) is 0.600. The molecule has 0 aliphatic carbocycles. The van der Waals surface area contributed by atoms with Crippen LogP contribution >= 0.6 is 0 Å². The first kappa shape index (κ1) is 19.9. The smallest absolute Gasteiger partial charge is 0.225 e. The van der Waals surface area contributed by atoms with E-state index in [0.29, 0.717) is 0 Å². The molecule has 0 radical (unpaired) electrons. The Morgan fingerprint density at radius 2 is 0.966 bits per heavy atom. The minimum atomic E-state index is 0.791. The number of nitrogens with zero attached hydrogens (tertiary/aromatic N) is 8. The predicted molar refractivity (Wildman–Crippen MR) is 112 cm³/mol. The maximum absolute atomic E-state index is 5.90. The summed E-state index contributed by atoms with van der Waals surface area (Å²) >= 11 is 0. The Kier molecular flexibility index (Phi) is 7.17. The van der Waals surface area contributed by atoms with E-state index in [-0.39, 0.29) is 0 Å². The van der Waals surface area contributed by atoms with Crippen molar-refractivity contribution >= 4 is 11.9 Å². The van der Waals surface area contributed by atoms with Crippen molar-refractivity contribution in [3.8, 4) is 0 Å². The highest BCUT2D eigenvalue weighted by atomic mass is 16.5. The molecule has 2 aliphatic rings. The zero-order valence-electron chi connectivity index (χ0n) is 16.9. The van der Waals surface area contributed by atoms with Gasteiger partial charge in [0.2, 0.25) is 11.9 Å². The van der Waals surface area contributed by atoms with Gasteiger partial charge in [-0.05, 0) is 12.1 Å². The lowest BCUT2D eigenvalue weighted by atomic mass is 10.3. The van der Waals surface area contributed by atoms with Crippen LogP contribution in [0.2, 0.25) is 0 Å². The van der Waals surface area contributed by atoms with Gasteiger partial charge in [0.25, 0.3) is 0 Å². The monoisotopic (exact) mass is 398 g/mol. The van der Waals surface area contributed by atoms with Crippen LogP contribution in [0.15, 0.2) is 36.9 Å². The number of anilines is 2. The molecule has 9 heteroatoms. The molecule has 0 saturated carbocycles. The lowest BCUT2D eigenvalue weighted by Crippen LogP contribution is -2.48. The average Bonchev–Trinajstić information content (AvgIpc) is 2.81. The molecule has 0 aromatic carbocycles. The van der Waals surface area contributed by atoms with Crippen molar-refractivity contribution in [2.45, 2.75) is 0 Å². The molecule has 9 nitrogen and oxygen atoms in total. The Balaban J connectivity index is 1.05. The Morgan fingerprint density at radius 1 is 0.586 bits per heavy atom. The normalized spacial score (nSPS) is 18.9. The van der Waals surface area contributed by atoms with Gasteiger partial charge in [-0.15, -0.1) is 0 Å². The molecule has 29 heavy (non-hydrogen) atoms. The fourth-order valence-corrected chi connectivity index (χ4v) is 3.74. The van der Waals surface area contributed by atoms with Gasteiger partial charge in [0.1, 0.15) is 0 Å². The summed E-state index contributed by atoms with van der Waals surface area (Å²) in [6.45, 7) is 11.6. The second-order valence-electron chi connectivity index (χ2n) is 7.37. The minimum Gasteiger partial charge on any atom is -0.379 e. The van der Waals surface area contributed by atoms with Gasteiger partial charge in [-0.2, -0.15) is 0 Å². The van der Waals surface area contributed by atoms with Gasteiger partial charge >= 0.3 is 0 Å². The highest BCUT2D eigenvalue weighted by molar-refractivity contribution is 5.29. The van der Waals surface area contributed by atoms with E-state index in [0.717, 1.165) is 90.6 Å². The van der Waals surface area contributed by atoms with Crippen LogP contribution in [0.25, 0.3) is 0 Å². The molecular weight excluding hydrogens is 368 g/mol. The lowest BCUT2D eigenvalue weighted by Gasteiger charge is -2.35. The zero-order chi connectivity index (χ0) is 19.7. The van der Waals surface area contributed by atoms with Crippen LogP contribution in [0.5, 0.6) is 0 Å². The highest BCUT2D eigenvalue weighted by Crippen LogP contribution is 2.10. The Morgan fingerprint density at radius 3 is 1.34 bits per heavy atom. The summed E-state index contributed by atoms with van der Waals surface area (Å²) in [4.78, 5) is 26.8. The third-order valence-corrected chi connectivity index (χ3v) is 5.52. The molecule has 2 aromatic rings. The third-order valence-electron chi connectivity index (χ3n) is 5.52. The van der Waals surface area contributed by atoms with Crippen LogP contribution in [-0.2, 0) is 4.74 Å². The topological polar surface area (TPSA) is 73.8 Å². The molecule has 2 saturated heterocycles. The van der Waals surface area contributed by atoms with Crippen molar-refractivity contribution < 1.29 is 4.74 Å². The molecule has 2 fully saturated rings. The van der Waals surface area contributed by atoms with Gasteiger partial charge in [-0.1, -0.05) is 0 Å². The predicted octanol–water partition coefficient (Wildman–Crippen LogP) is 0.227. The fourth-order valence-electron chi connectivity index (χ4n) is 3.74. The van der Waals surface area contributed by atoms with Crippen molar-refractivity contribution in [2.75, 3.05) is 88.5 Å². The quantitative estimate of drug-likeness (QED) is 0.581. The van der Waals surface area contributed by atoms with Crippen LogP contribution in [0.3, 0.4) is 0 Å². The Bertz CT molecular complexity index is 641. The van der Waals surface area contributed by atoms with Gasteiger partial charge in [0, 0.05) is 90.2 Å². The van der Waals surface area contributed by atoms with Crippen molar-refractivity contribution in [3.05, 3.63) is 36.9 Å². The van der Waals surface area contributed by atoms with E-state index in [1.165, 1.54) is 0 Å². The lowest BCUT2D eigenvalue weighted by molar-refractivity contribution is 0.0800. The summed E-state index contributed by atoms with van der Waals surface area (Å²) in [7, 11) is 0. The number of ether oxygens (including phenoxy) is 1. The molecule has 2 aromatic heterocycles. The second kappa shape index (κ2) is 10.4. The summed E-state index contributed by atoms with van der Waals surface area (Å²) in [5.74, 6) is 1.67. The average molecular weight is 399 g/mol. The molecule has 4 heterocycles. The first-order chi connectivity index (χ1) is 14.4. The van der Waals surface area contributed by atoms with E-state index in [9.17, 15) is 0 Å².